The van der Waals surface area contributed by atoms with Gasteiger partial charge in [0, 0.05) is 31.7 Å². The van der Waals surface area contributed by atoms with Gasteiger partial charge in [0.25, 0.3) is 0 Å². The third-order valence-corrected chi connectivity index (χ3v) is 2.19. The fourth-order valence-corrected chi connectivity index (χ4v) is 1.41. The predicted octanol–water partition coefficient (Wildman–Crippen LogP) is 0.707. The standard InChI is InChI=1S/C10H22N2O/c1-10(2,3)11-4-5-12-6-8-13-9-7-12/h11H,4-9H2,1-3H3. The Morgan fingerprint density at radius 1 is 1.23 bits per heavy atom. The van der Waals surface area contributed by atoms with Crippen LogP contribution in [0.5, 0.6) is 0 Å². The van der Waals surface area contributed by atoms with Gasteiger partial charge in [0.2, 0.25) is 0 Å². The summed E-state index contributed by atoms with van der Waals surface area (Å²) in [7, 11) is 0. The molecule has 0 saturated carbocycles. The third kappa shape index (κ3) is 5.24. The average Bonchev–Trinajstić information content (AvgIpc) is 2.04. The van der Waals surface area contributed by atoms with Crippen molar-refractivity contribution < 1.29 is 4.74 Å². The van der Waals surface area contributed by atoms with E-state index in [9.17, 15) is 0 Å². The van der Waals surface area contributed by atoms with Crippen molar-refractivity contribution in [1.29, 1.82) is 0 Å². The van der Waals surface area contributed by atoms with Crippen molar-refractivity contribution in [2.24, 2.45) is 0 Å². The van der Waals surface area contributed by atoms with E-state index in [2.05, 4.69) is 31.0 Å². The molecule has 1 rings (SSSR count). The molecule has 0 unspecified atom stereocenters. The van der Waals surface area contributed by atoms with E-state index in [0.717, 1.165) is 39.4 Å². The highest BCUT2D eigenvalue weighted by Gasteiger charge is 2.12. The monoisotopic (exact) mass is 186 g/mol. The minimum absolute atomic E-state index is 0.242. The molecule has 1 saturated heterocycles. The van der Waals surface area contributed by atoms with Gasteiger partial charge in [0.05, 0.1) is 13.2 Å². The lowest BCUT2D eigenvalue weighted by Gasteiger charge is -2.28. The minimum Gasteiger partial charge on any atom is -0.379 e. The quantitative estimate of drug-likeness (QED) is 0.702. The Balaban J connectivity index is 2.04. The summed E-state index contributed by atoms with van der Waals surface area (Å²) in [4.78, 5) is 2.45. The SMILES string of the molecule is CC(C)(C)NCCN1CCOCC1. The second-order valence-electron chi connectivity index (χ2n) is 4.63. The van der Waals surface area contributed by atoms with Crippen molar-refractivity contribution in [3.63, 3.8) is 0 Å². The van der Waals surface area contributed by atoms with Crippen molar-refractivity contribution >= 4 is 0 Å². The molecule has 0 bridgehead atoms. The van der Waals surface area contributed by atoms with Gasteiger partial charge in [-0.15, -0.1) is 0 Å². The molecule has 78 valence electrons. The van der Waals surface area contributed by atoms with Crippen LogP contribution in [-0.2, 0) is 4.74 Å². The third-order valence-electron chi connectivity index (χ3n) is 2.19. The lowest BCUT2D eigenvalue weighted by molar-refractivity contribution is 0.0378. The molecule has 1 aliphatic rings. The highest BCUT2D eigenvalue weighted by atomic mass is 16.5. The molecular formula is C10H22N2O. The largest absolute Gasteiger partial charge is 0.379 e. The molecule has 0 aliphatic carbocycles. The maximum atomic E-state index is 5.28. The lowest BCUT2D eigenvalue weighted by atomic mass is 10.1. The van der Waals surface area contributed by atoms with Crippen LogP contribution in [0.3, 0.4) is 0 Å². The number of morpholine rings is 1. The van der Waals surface area contributed by atoms with Crippen LogP contribution in [0.1, 0.15) is 20.8 Å². The molecule has 0 atom stereocenters. The maximum absolute atomic E-state index is 5.28. The molecule has 0 radical (unpaired) electrons. The van der Waals surface area contributed by atoms with Gasteiger partial charge in [-0.25, -0.2) is 0 Å². The molecule has 13 heavy (non-hydrogen) atoms. The molecule has 0 spiro atoms. The summed E-state index contributed by atoms with van der Waals surface area (Å²) in [6.45, 7) is 12.8. The summed E-state index contributed by atoms with van der Waals surface area (Å²) in [5.41, 5.74) is 0.242. The van der Waals surface area contributed by atoms with Crippen molar-refractivity contribution in [3.05, 3.63) is 0 Å². The first-order chi connectivity index (χ1) is 6.08. The molecule has 3 heteroatoms. The van der Waals surface area contributed by atoms with E-state index in [-0.39, 0.29) is 5.54 Å². The van der Waals surface area contributed by atoms with Crippen LogP contribution in [0.2, 0.25) is 0 Å². The first-order valence-corrected chi connectivity index (χ1v) is 5.13. The number of hydrogen-bond donors (Lipinski definition) is 1. The van der Waals surface area contributed by atoms with Crippen molar-refractivity contribution in [1.82, 2.24) is 10.2 Å². The Hall–Kier alpha value is -0.120. The zero-order chi connectivity index (χ0) is 9.73. The van der Waals surface area contributed by atoms with Gasteiger partial charge in [0.1, 0.15) is 0 Å². The zero-order valence-corrected chi connectivity index (χ0v) is 9.10. The molecule has 0 aromatic heterocycles. The van der Waals surface area contributed by atoms with Gasteiger partial charge in [0.15, 0.2) is 0 Å². The number of ether oxygens (including phenoxy) is 1. The molecule has 1 N–H and O–H groups in total. The van der Waals surface area contributed by atoms with Crippen molar-refractivity contribution in [2.75, 3.05) is 39.4 Å². The van der Waals surface area contributed by atoms with E-state index in [0.29, 0.717) is 0 Å². The van der Waals surface area contributed by atoms with E-state index >= 15 is 0 Å². The molecule has 3 nitrogen and oxygen atoms in total. The van der Waals surface area contributed by atoms with Crippen molar-refractivity contribution in [2.45, 2.75) is 26.3 Å². The highest BCUT2D eigenvalue weighted by molar-refractivity contribution is 4.72. The van der Waals surface area contributed by atoms with Crippen LogP contribution in [0, 0.1) is 0 Å². The number of rotatable bonds is 3. The second kappa shape index (κ2) is 4.94. The Morgan fingerprint density at radius 3 is 2.38 bits per heavy atom. The summed E-state index contributed by atoms with van der Waals surface area (Å²) < 4.78 is 5.28. The Morgan fingerprint density at radius 2 is 1.85 bits per heavy atom. The van der Waals surface area contributed by atoms with Crippen LogP contribution in [0.25, 0.3) is 0 Å². The Bertz CT molecular complexity index is 136. The number of nitrogens with one attached hydrogen (secondary N) is 1. The molecule has 1 aliphatic heterocycles. The fraction of sp³-hybridized carbons (Fsp3) is 1.00. The summed E-state index contributed by atoms with van der Waals surface area (Å²) in [5.74, 6) is 0. The molecule has 1 heterocycles. The van der Waals surface area contributed by atoms with Gasteiger partial charge in [-0.05, 0) is 20.8 Å². The van der Waals surface area contributed by atoms with Gasteiger partial charge in [-0.1, -0.05) is 0 Å². The van der Waals surface area contributed by atoms with Gasteiger partial charge in [-0.2, -0.15) is 0 Å². The summed E-state index contributed by atoms with van der Waals surface area (Å²) in [6, 6.07) is 0. The number of hydrogen-bond acceptors (Lipinski definition) is 3. The fourth-order valence-electron chi connectivity index (χ4n) is 1.41. The first kappa shape index (κ1) is 11.0. The smallest absolute Gasteiger partial charge is 0.0594 e. The number of nitrogens with zero attached hydrogens (tertiary/aromatic N) is 1. The molecule has 0 aromatic rings. The Labute approximate surface area is 81.4 Å². The van der Waals surface area contributed by atoms with E-state index in [1.165, 1.54) is 0 Å². The van der Waals surface area contributed by atoms with Crippen LogP contribution in [0.15, 0.2) is 0 Å². The normalized spacial score (nSPS) is 20.5. The average molecular weight is 186 g/mol. The predicted molar refractivity (Wildman–Crippen MR) is 55.0 cm³/mol. The molecule has 0 amide bonds. The second-order valence-corrected chi connectivity index (χ2v) is 4.63. The molecular weight excluding hydrogens is 164 g/mol. The highest BCUT2D eigenvalue weighted by Crippen LogP contribution is 1.99. The van der Waals surface area contributed by atoms with Crippen molar-refractivity contribution in [3.8, 4) is 0 Å². The van der Waals surface area contributed by atoms with E-state index in [4.69, 9.17) is 4.74 Å². The van der Waals surface area contributed by atoms with Gasteiger partial charge < -0.3 is 10.1 Å². The molecule has 0 aromatic carbocycles. The minimum atomic E-state index is 0.242. The summed E-state index contributed by atoms with van der Waals surface area (Å²) in [6.07, 6.45) is 0. The van der Waals surface area contributed by atoms with Crippen LogP contribution < -0.4 is 5.32 Å². The lowest BCUT2D eigenvalue weighted by Crippen LogP contribution is -2.44. The summed E-state index contributed by atoms with van der Waals surface area (Å²) in [5, 5.41) is 3.49. The van der Waals surface area contributed by atoms with E-state index < -0.39 is 0 Å². The zero-order valence-electron chi connectivity index (χ0n) is 9.10. The topological polar surface area (TPSA) is 24.5 Å². The van der Waals surface area contributed by atoms with Gasteiger partial charge in [-0.3, -0.25) is 4.90 Å². The van der Waals surface area contributed by atoms with Gasteiger partial charge >= 0.3 is 0 Å². The van der Waals surface area contributed by atoms with Crippen LogP contribution in [0.4, 0.5) is 0 Å². The Kier molecular flexibility index (Phi) is 4.16. The summed E-state index contributed by atoms with van der Waals surface area (Å²) >= 11 is 0. The van der Waals surface area contributed by atoms with Crippen LogP contribution in [-0.4, -0.2) is 49.8 Å². The van der Waals surface area contributed by atoms with E-state index in [1.54, 1.807) is 0 Å². The molecule has 1 fully saturated rings. The maximum Gasteiger partial charge on any atom is 0.0594 e. The van der Waals surface area contributed by atoms with Crippen LogP contribution >= 0.6 is 0 Å². The first-order valence-electron chi connectivity index (χ1n) is 5.13. The van der Waals surface area contributed by atoms with E-state index in [1.807, 2.05) is 0 Å².